The van der Waals surface area contributed by atoms with Gasteiger partial charge in [-0.1, -0.05) is 56.5 Å². The van der Waals surface area contributed by atoms with E-state index >= 15 is 0 Å². The molecule has 2 heterocycles. The van der Waals surface area contributed by atoms with Crippen molar-refractivity contribution in [3.05, 3.63) is 60.4 Å². The molecule has 3 aromatic rings. The van der Waals surface area contributed by atoms with Gasteiger partial charge in [0.2, 0.25) is 5.91 Å². The van der Waals surface area contributed by atoms with Gasteiger partial charge in [-0.3, -0.25) is 4.79 Å². The third kappa shape index (κ3) is 3.61. The molecule has 140 valence electrons. The van der Waals surface area contributed by atoms with Crippen LogP contribution in [0.5, 0.6) is 0 Å². The first-order chi connectivity index (χ1) is 13.3. The van der Waals surface area contributed by atoms with Crippen LogP contribution in [0.2, 0.25) is 0 Å². The van der Waals surface area contributed by atoms with Gasteiger partial charge in [-0.2, -0.15) is 0 Å². The van der Waals surface area contributed by atoms with Crippen LogP contribution in [-0.2, 0) is 11.3 Å². The summed E-state index contributed by atoms with van der Waals surface area (Å²) in [6.07, 6.45) is 5.44. The third-order valence-corrected chi connectivity index (χ3v) is 5.48. The maximum Gasteiger partial charge on any atom is 0.227 e. The maximum absolute atomic E-state index is 12.7. The zero-order valence-electron chi connectivity index (χ0n) is 16.0. The van der Waals surface area contributed by atoms with Crippen molar-refractivity contribution in [2.24, 2.45) is 0 Å². The van der Waals surface area contributed by atoms with E-state index in [4.69, 9.17) is 4.98 Å². The normalized spacial score (nSPS) is 17.1. The lowest BCUT2D eigenvalue weighted by atomic mass is 10.1. The van der Waals surface area contributed by atoms with Crippen LogP contribution >= 0.6 is 0 Å². The number of benzene rings is 2. The molecule has 1 fully saturated rings. The minimum atomic E-state index is 0.149. The number of rotatable bonds is 7. The predicted molar refractivity (Wildman–Crippen MR) is 110 cm³/mol. The maximum atomic E-state index is 12.7. The van der Waals surface area contributed by atoms with Gasteiger partial charge < -0.3 is 9.47 Å². The predicted octanol–water partition coefficient (Wildman–Crippen LogP) is 5.14. The van der Waals surface area contributed by atoms with Crippen molar-refractivity contribution in [3.63, 3.8) is 0 Å². The fraction of sp³-hybridized carbons (Fsp3) is 0.391. The number of amides is 1. The highest BCUT2D eigenvalue weighted by Crippen LogP contribution is 2.33. The van der Waals surface area contributed by atoms with E-state index in [-0.39, 0.29) is 11.8 Å². The lowest BCUT2D eigenvalue weighted by Gasteiger charge is -2.17. The number of para-hydroxylation sites is 3. The average Bonchev–Trinajstić information content (AvgIpc) is 3.26. The molecule has 1 saturated heterocycles. The van der Waals surface area contributed by atoms with E-state index in [9.17, 15) is 4.79 Å². The van der Waals surface area contributed by atoms with Crippen LogP contribution in [0.1, 0.15) is 50.8 Å². The smallest absolute Gasteiger partial charge is 0.227 e. The molecule has 0 bridgehead atoms. The molecule has 1 aliphatic heterocycles. The molecular weight excluding hydrogens is 334 g/mol. The van der Waals surface area contributed by atoms with Gasteiger partial charge in [-0.05, 0) is 30.7 Å². The Labute approximate surface area is 160 Å². The number of imidazole rings is 1. The van der Waals surface area contributed by atoms with Crippen LogP contribution in [0, 0.1) is 0 Å². The highest BCUT2D eigenvalue weighted by atomic mass is 16.2. The first-order valence-corrected chi connectivity index (χ1v) is 10.1. The van der Waals surface area contributed by atoms with Crippen molar-refractivity contribution in [2.45, 2.75) is 51.5 Å². The van der Waals surface area contributed by atoms with Crippen molar-refractivity contribution in [3.8, 4) is 0 Å². The summed E-state index contributed by atoms with van der Waals surface area (Å²) < 4.78 is 2.36. The summed E-state index contributed by atoms with van der Waals surface area (Å²) in [6, 6.07) is 18.3. The summed E-state index contributed by atoms with van der Waals surface area (Å²) in [5.74, 6) is 1.41. The van der Waals surface area contributed by atoms with Gasteiger partial charge in [0.1, 0.15) is 5.82 Å². The number of aryl methyl sites for hydroxylation is 1. The monoisotopic (exact) mass is 361 g/mol. The first-order valence-electron chi connectivity index (χ1n) is 10.1. The van der Waals surface area contributed by atoms with Gasteiger partial charge in [0.25, 0.3) is 0 Å². The van der Waals surface area contributed by atoms with E-state index in [1.807, 2.05) is 41.3 Å². The Balaban J connectivity index is 1.62. The van der Waals surface area contributed by atoms with E-state index in [2.05, 4.69) is 29.7 Å². The molecule has 0 saturated carbocycles. The van der Waals surface area contributed by atoms with Gasteiger partial charge in [0, 0.05) is 31.1 Å². The van der Waals surface area contributed by atoms with Crippen molar-refractivity contribution in [1.29, 1.82) is 0 Å². The summed E-state index contributed by atoms with van der Waals surface area (Å²) in [6.45, 7) is 3.92. The van der Waals surface area contributed by atoms with Crippen molar-refractivity contribution < 1.29 is 4.79 Å². The molecule has 1 atom stereocenters. The van der Waals surface area contributed by atoms with E-state index < -0.39 is 0 Å². The van der Waals surface area contributed by atoms with Crippen molar-refractivity contribution in [1.82, 2.24) is 9.55 Å². The Hall–Kier alpha value is -2.62. The van der Waals surface area contributed by atoms with E-state index in [0.29, 0.717) is 13.0 Å². The number of carbonyl (C=O) groups excluding carboxylic acids is 1. The average molecular weight is 361 g/mol. The number of hydrogen-bond acceptors (Lipinski definition) is 2. The lowest BCUT2D eigenvalue weighted by Crippen LogP contribution is -2.24. The number of hydrogen-bond donors (Lipinski definition) is 0. The second kappa shape index (κ2) is 7.95. The molecule has 4 heteroatoms. The summed E-state index contributed by atoms with van der Waals surface area (Å²) in [5.41, 5.74) is 3.21. The molecule has 0 aliphatic carbocycles. The summed E-state index contributed by atoms with van der Waals surface area (Å²) in [5, 5.41) is 0. The topological polar surface area (TPSA) is 38.1 Å². The first kappa shape index (κ1) is 17.8. The number of nitrogens with zero attached hydrogens (tertiary/aromatic N) is 3. The molecule has 0 N–H and O–H groups in total. The summed E-state index contributed by atoms with van der Waals surface area (Å²) in [7, 11) is 0. The Morgan fingerprint density at radius 1 is 1.00 bits per heavy atom. The Morgan fingerprint density at radius 2 is 1.78 bits per heavy atom. The molecule has 0 spiro atoms. The minimum absolute atomic E-state index is 0.149. The molecule has 4 rings (SSSR count). The fourth-order valence-corrected chi connectivity index (χ4v) is 4.08. The quantitative estimate of drug-likeness (QED) is 0.547. The van der Waals surface area contributed by atoms with Gasteiger partial charge in [-0.25, -0.2) is 4.98 Å². The van der Waals surface area contributed by atoms with Gasteiger partial charge in [0.15, 0.2) is 0 Å². The van der Waals surface area contributed by atoms with Crippen LogP contribution in [0.25, 0.3) is 11.0 Å². The second-order valence-electron chi connectivity index (χ2n) is 7.41. The second-order valence-corrected chi connectivity index (χ2v) is 7.41. The van der Waals surface area contributed by atoms with Crippen LogP contribution in [0.15, 0.2) is 54.6 Å². The molecule has 1 amide bonds. The highest BCUT2D eigenvalue weighted by molar-refractivity contribution is 5.96. The number of fused-ring (bicyclic) bond motifs is 1. The molecular formula is C23H27N3O. The Bertz CT molecular complexity index is 916. The standard InChI is InChI=1S/C23H27N3O/c1-2-3-4-10-15-25-21-14-9-8-13-20(21)24-23(25)18-16-22(27)26(17-18)19-11-6-5-7-12-19/h5-9,11-14,18H,2-4,10,15-17H2,1H3/t18-/m1/s1. The molecule has 27 heavy (non-hydrogen) atoms. The zero-order valence-corrected chi connectivity index (χ0v) is 16.0. The Morgan fingerprint density at radius 3 is 2.59 bits per heavy atom. The van der Waals surface area contributed by atoms with E-state index in [0.717, 1.165) is 30.0 Å². The van der Waals surface area contributed by atoms with Gasteiger partial charge in [-0.15, -0.1) is 0 Å². The Kier molecular flexibility index (Phi) is 5.23. The highest BCUT2D eigenvalue weighted by Gasteiger charge is 2.34. The number of unbranched alkanes of at least 4 members (excludes halogenated alkanes) is 3. The summed E-state index contributed by atoms with van der Waals surface area (Å²) >= 11 is 0. The van der Waals surface area contributed by atoms with Crippen LogP contribution in [0.3, 0.4) is 0 Å². The fourth-order valence-electron chi connectivity index (χ4n) is 4.08. The molecule has 1 aliphatic rings. The van der Waals surface area contributed by atoms with Crippen molar-refractivity contribution in [2.75, 3.05) is 11.4 Å². The number of aromatic nitrogens is 2. The molecule has 2 aromatic carbocycles. The lowest BCUT2D eigenvalue weighted by molar-refractivity contribution is -0.117. The van der Waals surface area contributed by atoms with Crippen LogP contribution in [-0.4, -0.2) is 22.0 Å². The van der Waals surface area contributed by atoms with Crippen molar-refractivity contribution >= 4 is 22.6 Å². The molecule has 0 unspecified atom stereocenters. The molecule has 4 nitrogen and oxygen atoms in total. The SMILES string of the molecule is CCCCCCn1c([C@@H]2CC(=O)N(c3ccccc3)C2)nc2ccccc21. The van der Waals surface area contributed by atoms with E-state index in [1.165, 1.54) is 24.8 Å². The van der Waals surface area contributed by atoms with Gasteiger partial charge >= 0.3 is 0 Å². The largest absolute Gasteiger partial charge is 0.328 e. The van der Waals surface area contributed by atoms with Crippen LogP contribution in [0.4, 0.5) is 5.69 Å². The van der Waals surface area contributed by atoms with Crippen LogP contribution < -0.4 is 4.90 Å². The number of carbonyl (C=O) groups is 1. The third-order valence-electron chi connectivity index (χ3n) is 5.48. The number of anilines is 1. The summed E-state index contributed by atoms with van der Waals surface area (Å²) in [4.78, 5) is 19.5. The molecule has 1 aromatic heterocycles. The molecule has 0 radical (unpaired) electrons. The zero-order chi connectivity index (χ0) is 18.6. The van der Waals surface area contributed by atoms with E-state index in [1.54, 1.807) is 0 Å². The minimum Gasteiger partial charge on any atom is -0.328 e. The van der Waals surface area contributed by atoms with Gasteiger partial charge in [0.05, 0.1) is 11.0 Å².